The van der Waals surface area contributed by atoms with Crippen molar-refractivity contribution in [3.05, 3.63) is 24.0 Å². The van der Waals surface area contributed by atoms with Gasteiger partial charge < -0.3 is 10.5 Å². The smallest absolute Gasteiger partial charge is 0.138 e. The van der Waals surface area contributed by atoms with Gasteiger partial charge in [0.15, 0.2) is 0 Å². The minimum absolute atomic E-state index is 0.155. The molecule has 1 aromatic carbocycles. The number of benzene rings is 1. The number of nitrogens with two attached hydrogens (primary N) is 1. The molecule has 0 bridgehead atoms. The molecule has 16 heavy (non-hydrogen) atoms. The Morgan fingerprint density at radius 1 is 1.44 bits per heavy atom. The van der Waals surface area contributed by atoms with Crippen LogP contribution in [0.4, 0.5) is 10.1 Å². The van der Waals surface area contributed by atoms with Crippen LogP contribution in [0.1, 0.15) is 20.3 Å². The van der Waals surface area contributed by atoms with E-state index in [9.17, 15) is 4.39 Å². The summed E-state index contributed by atoms with van der Waals surface area (Å²) in [5.41, 5.74) is 5.78. The molecule has 0 saturated carbocycles. The van der Waals surface area contributed by atoms with Gasteiger partial charge in [-0.25, -0.2) is 4.39 Å². The van der Waals surface area contributed by atoms with E-state index in [4.69, 9.17) is 10.5 Å². The normalized spacial score (nSPS) is 11.8. The lowest BCUT2D eigenvalue weighted by atomic mass is 10.1. The summed E-state index contributed by atoms with van der Waals surface area (Å²) < 4.78 is 18.7. The van der Waals surface area contributed by atoms with Crippen LogP contribution in [0.2, 0.25) is 0 Å². The molecule has 0 fully saturated rings. The van der Waals surface area contributed by atoms with Crippen molar-refractivity contribution in [2.45, 2.75) is 30.8 Å². The molecule has 0 aromatic heterocycles. The molecule has 1 aromatic rings. The van der Waals surface area contributed by atoms with Crippen LogP contribution in [0.15, 0.2) is 23.1 Å². The summed E-state index contributed by atoms with van der Waals surface area (Å²) in [4.78, 5) is 0.640. The second-order valence-electron chi connectivity index (χ2n) is 4.25. The Kier molecular flexibility index (Phi) is 4.62. The van der Waals surface area contributed by atoms with Gasteiger partial charge in [-0.3, -0.25) is 0 Å². The van der Waals surface area contributed by atoms with E-state index in [1.165, 1.54) is 17.8 Å². The minimum atomic E-state index is -0.250. The molecular weight excluding hydrogens is 225 g/mol. The van der Waals surface area contributed by atoms with Gasteiger partial charge in [0.2, 0.25) is 0 Å². The van der Waals surface area contributed by atoms with Crippen molar-refractivity contribution < 1.29 is 9.13 Å². The minimum Gasteiger partial charge on any atom is -0.399 e. The average Bonchev–Trinajstić information content (AvgIpc) is 2.21. The molecule has 0 spiro atoms. The molecule has 0 saturated heterocycles. The van der Waals surface area contributed by atoms with Crippen LogP contribution in [0.25, 0.3) is 0 Å². The maximum atomic E-state index is 13.4. The van der Waals surface area contributed by atoms with Gasteiger partial charge in [-0.05, 0) is 38.5 Å². The van der Waals surface area contributed by atoms with E-state index in [0.29, 0.717) is 10.6 Å². The van der Waals surface area contributed by atoms with E-state index in [1.54, 1.807) is 19.2 Å². The summed E-state index contributed by atoms with van der Waals surface area (Å²) in [6, 6.07) is 4.78. The predicted octanol–water partition coefficient (Wildman–Crippen LogP) is 3.32. The molecule has 0 aliphatic heterocycles. The lowest BCUT2D eigenvalue weighted by Gasteiger charge is -2.22. The van der Waals surface area contributed by atoms with Crippen molar-refractivity contribution in [3.63, 3.8) is 0 Å². The van der Waals surface area contributed by atoms with Gasteiger partial charge in [-0.15, -0.1) is 11.8 Å². The Labute approximate surface area is 100 Å². The summed E-state index contributed by atoms with van der Waals surface area (Å²) in [6.07, 6.45) is 0.873. The third-order valence-corrected chi connectivity index (χ3v) is 3.52. The van der Waals surface area contributed by atoms with Gasteiger partial charge >= 0.3 is 0 Å². The van der Waals surface area contributed by atoms with Crippen LogP contribution in [-0.4, -0.2) is 18.5 Å². The number of ether oxygens (including phenoxy) is 1. The lowest BCUT2D eigenvalue weighted by molar-refractivity contribution is 0.0206. The fourth-order valence-electron chi connectivity index (χ4n) is 1.14. The number of thioether (sulfide) groups is 1. The van der Waals surface area contributed by atoms with E-state index < -0.39 is 0 Å². The van der Waals surface area contributed by atoms with Crippen LogP contribution in [0.3, 0.4) is 0 Å². The molecule has 0 unspecified atom stereocenters. The quantitative estimate of drug-likeness (QED) is 0.636. The molecule has 0 radical (unpaired) electrons. The van der Waals surface area contributed by atoms with Gasteiger partial charge in [-0.1, -0.05) is 0 Å². The number of rotatable bonds is 5. The molecule has 0 atom stereocenters. The SMILES string of the molecule is COC(C)(C)CCSc1ccc(N)cc1F. The van der Waals surface area contributed by atoms with Crippen LogP contribution >= 0.6 is 11.8 Å². The summed E-state index contributed by atoms with van der Waals surface area (Å²) in [6.45, 7) is 4.04. The highest BCUT2D eigenvalue weighted by atomic mass is 32.2. The molecular formula is C12H18FNOS. The van der Waals surface area contributed by atoms with E-state index in [2.05, 4.69) is 0 Å². The van der Waals surface area contributed by atoms with Crippen LogP contribution in [0, 0.1) is 5.82 Å². The largest absolute Gasteiger partial charge is 0.399 e. The zero-order valence-electron chi connectivity index (χ0n) is 9.92. The molecule has 0 aliphatic carbocycles. The monoisotopic (exact) mass is 243 g/mol. The highest BCUT2D eigenvalue weighted by Gasteiger charge is 2.16. The van der Waals surface area contributed by atoms with Crippen LogP contribution in [-0.2, 0) is 4.74 Å². The van der Waals surface area contributed by atoms with Crippen molar-refractivity contribution in [3.8, 4) is 0 Å². The number of hydrogen-bond acceptors (Lipinski definition) is 3. The molecule has 0 aliphatic rings. The second-order valence-corrected chi connectivity index (χ2v) is 5.39. The third kappa shape index (κ3) is 4.02. The maximum absolute atomic E-state index is 13.4. The predicted molar refractivity (Wildman–Crippen MR) is 67.2 cm³/mol. The first kappa shape index (κ1) is 13.3. The van der Waals surface area contributed by atoms with Crippen molar-refractivity contribution in [2.24, 2.45) is 0 Å². The zero-order chi connectivity index (χ0) is 12.2. The molecule has 0 heterocycles. The summed E-state index contributed by atoms with van der Waals surface area (Å²) in [5.74, 6) is 0.571. The maximum Gasteiger partial charge on any atom is 0.138 e. The Hall–Kier alpha value is -0.740. The summed E-state index contributed by atoms with van der Waals surface area (Å²) in [7, 11) is 1.69. The van der Waals surface area contributed by atoms with E-state index in [-0.39, 0.29) is 11.4 Å². The first-order valence-electron chi connectivity index (χ1n) is 5.17. The fraction of sp³-hybridized carbons (Fsp3) is 0.500. The van der Waals surface area contributed by atoms with Gasteiger partial charge in [-0.2, -0.15) is 0 Å². The highest BCUT2D eigenvalue weighted by Crippen LogP contribution is 2.26. The second kappa shape index (κ2) is 5.55. The molecule has 4 heteroatoms. The fourth-order valence-corrected chi connectivity index (χ4v) is 2.32. The van der Waals surface area contributed by atoms with Crippen LogP contribution < -0.4 is 5.73 Å². The Balaban J connectivity index is 2.49. The topological polar surface area (TPSA) is 35.2 Å². The van der Waals surface area contributed by atoms with Gasteiger partial charge in [0.05, 0.1) is 5.60 Å². The first-order valence-corrected chi connectivity index (χ1v) is 6.16. The summed E-state index contributed by atoms with van der Waals surface area (Å²) >= 11 is 1.49. The Morgan fingerprint density at radius 2 is 2.12 bits per heavy atom. The van der Waals surface area contributed by atoms with E-state index in [1.807, 2.05) is 13.8 Å². The zero-order valence-corrected chi connectivity index (χ0v) is 10.7. The third-order valence-electron chi connectivity index (χ3n) is 2.47. The van der Waals surface area contributed by atoms with Gasteiger partial charge in [0.1, 0.15) is 5.82 Å². The van der Waals surface area contributed by atoms with Crippen molar-refractivity contribution in [1.82, 2.24) is 0 Å². The lowest BCUT2D eigenvalue weighted by Crippen LogP contribution is -2.22. The standard InChI is InChI=1S/C12H18FNOS/c1-12(2,15-3)6-7-16-11-5-4-9(14)8-10(11)13/h4-5,8H,6-7,14H2,1-3H3. The highest BCUT2D eigenvalue weighted by molar-refractivity contribution is 7.99. The number of nitrogen functional groups attached to an aromatic ring is 1. The molecule has 2 nitrogen and oxygen atoms in total. The number of anilines is 1. The van der Waals surface area contributed by atoms with Crippen LogP contribution in [0.5, 0.6) is 0 Å². The molecule has 2 N–H and O–H groups in total. The number of halogens is 1. The van der Waals surface area contributed by atoms with Gasteiger partial charge in [0, 0.05) is 23.4 Å². The van der Waals surface area contributed by atoms with Crippen molar-refractivity contribution in [1.29, 1.82) is 0 Å². The van der Waals surface area contributed by atoms with Gasteiger partial charge in [0.25, 0.3) is 0 Å². The van der Waals surface area contributed by atoms with E-state index >= 15 is 0 Å². The average molecular weight is 243 g/mol. The van der Waals surface area contributed by atoms with Crippen molar-refractivity contribution >= 4 is 17.4 Å². The Bertz CT molecular complexity index is 355. The molecule has 1 rings (SSSR count). The Morgan fingerprint density at radius 3 is 2.69 bits per heavy atom. The summed E-state index contributed by atoms with van der Waals surface area (Å²) in [5, 5.41) is 0. The van der Waals surface area contributed by atoms with E-state index in [0.717, 1.165) is 12.2 Å². The number of hydrogen-bond donors (Lipinski definition) is 1. The molecule has 0 amide bonds. The first-order chi connectivity index (χ1) is 7.44. The van der Waals surface area contributed by atoms with Crippen molar-refractivity contribution in [2.75, 3.05) is 18.6 Å². The molecule has 90 valence electrons. The number of methoxy groups -OCH3 is 1.